The zero-order valence-electron chi connectivity index (χ0n) is 10.5. The minimum absolute atomic E-state index is 0.603. The van der Waals surface area contributed by atoms with Gasteiger partial charge in [-0.15, -0.1) is 11.3 Å². The molecule has 0 fully saturated rings. The Morgan fingerprint density at radius 2 is 2.26 bits per heavy atom. The van der Waals surface area contributed by atoms with Crippen LogP contribution in [0.1, 0.15) is 12.6 Å². The van der Waals surface area contributed by atoms with Crippen molar-refractivity contribution in [2.75, 3.05) is 11.9 Å². The monoisotopic (exact) mass is 292 g/mol. The van der Waals surface area contributed by atoms with Gasteiger partial charge in [-0.2, -0.15) is 0 Å². The smallest absolute Gasteiger partial charge is 0.262 e. The van der Waals surface area contributed by atoms with Crippen LogP contribution in [0.5, 0.6) is 0 Å². The van der Waals surface area contributed by atoms with Crippen LogP contribution in [0, 0.1) is 6.92 Å². The van der Waals surface area contributed by atoms with Crippen LogP contribution in [-0.4, -0.2) is 21.5 Å². The van der Waals surface area contributed by atoms with Crippen LogP contribution < -0.4 is 5.32 Å². The summed E-state index contributed by atoms with van der Waals surface area (Å²) in [5, 5.41) is 7.66. The van der Waals surface area contributed by atoms with E-state index >= 15 is 0 Å². The minimum atomic E-state index is 0.603. The first-order valence-corrected chi connectivity index (χ1v) is 7.55. The van der Waals surface area contributed by atoms with Gasteiger partial charge in [-0.1, -0.05) is 0 Å². The lowest BCUT2D eigenvalue weighted by atomic mass is 10.4. The highest BCUT2D eigenvalue weighted by atomic mass is 32.2. The molecule has 19 heavy (non-hydrogen) atoms. The summed E-state index contributed by atoms with van der Waals surface area (Å²) >= 11 is 3.02. The summed E-state index contributed by atoms with van der Waals surface area (Å²) in [6.07, 6.45) is 1.64. The molecule has 1 N–H and O–H groups in total. The molecule has 0 aliphatic heterocycles. The van der Waals surface area contributed by atoms with E-state index in [0.717, 1.165) is 27.5 Å². The number of thiophene rings is 1. The number of nitrogens with zero attached hydrogens (tertiary/aromatic N) is 3. The van der Waals surface area contributed by atoms with Gasteiger partial charge >= 0.3 is 0 Å². The standard InChI is InChI=1S/C12H12N4OS2/c1-3-13-11-15-9-8(4-5-18-9)10(16-11)19-12-14-7(2)6-17-12/h4-6H,3H2,1-2H3,(H,13,15,16). The van der Waals surface area contributed by atoms with Crippen molar-refractivity contribution in [2.45, 2.75) is 24.1 Å². The van der Waals surface area contributed by atoms with E-state index in [0.29, 0.717) is 11.2 Å². The zero-order chi connectivity index (χ0) is 13.2. The fourth-order valence-corrected chi connectivity index (χ4v) is 3.29. The Kier molecular flexibility index (Phi) is 3.39. The molecule has 0 saturated heterocycles. The van der Waals surface area contributed by atoms with E-state index in [1.54, 1.807) is 17.6 Å². The average Bonchev–Trinajstić information content (AvgIpc) is 2.99. The molecule has 0 spiro atoms. The molecule has 0 amide bonds. The molecule has 3 aromatic heterocycles. The van der Waals surface area contributed by atoms with Crippen LogP contribution in [0.4, 0.5) is 5.95 Å². The lowest BCUT2D eigenvalue weighted by molar-refractivity contribution is 0.454. The second-order valence-electron chi connectivity index (χ2n) is 3.88. The van der Waals surface area contributed by atoms with Crippen molar-refractivity contribution in [3.8, 4) is 0 Å². The van der Waals surface area contributed by atoms with Crippen LogP contribution in [0.3, 0.4) is 0 Å². The zero-order valence-corrected chi connectivity index (χ0v) is 12.1. The summed E-state index contributed by atoms with van der Waals surface area (Å²) in [5.41, 5.74) is 0.866. The van der Waals surface area contributed by atoms with Gasteiger partial charge in [0.1, 0.15) is 16.1 Å². The molecule has 3 aromatic rings. The predicted octanol–water partition coefficient (Wildman–Crippen LogP) is 3.57. The first-order valence-electron chi connectivity index (χ1n) is 5.85. The minimum Gasteiger partial charge on any atom is -0.439 e. The van der Waals surface area contributed by atoms with E-state index in [4.69, 9.17) is 4.42 Å². The number of aryl methyl sites for hydroxylation is 1. The molecule has 0 aliphatic carbocycles. The number of aromatic nitrogens is 3. The highest BCUT2D eigenvalue weighted by Gasteiger charge is 2.12. The maximum Gasteiger partial charge on any atom is 0.262 e. The maximum absolute atomic E-state index is 5.37. The van der Waals surface area contributed by atoms with E-state index in [1.165, 1.54) is 11.8 Å². The van der Waals surface area contributed by atoms with Crippen LogP contribution in [0.15, 0.2) is 32.4 Å². The number of nitrogens with one attached hydrogen (secondary N) is 1. The lowest BCUT2D eigenvalue weighted by Crippen LogP contribution is -2.02. The van der Waals surface area contributed by atoms with E-state index in [1.807, 2.05) is 25.3 Å². The maximum atomic E-state index is 5.37. The number of hydrogen-bond acceptors (Lipinski definition) is 7. The van der Waals surface area contributed by atoms with Gasteiger partial charge in [-0.25, -0.2) is 15.0 Å². The fourth-order valence-electron chi connectivity index (χ4n) is 1.61. The van der Waals surface area contributed by atoms with Crippen molar-refractivity contribution in [1.82, 2.24) is 15.0 Å². The van der Waals surface area contributed by atoms with Crippen molar-refractivity contribution < 1.29 is 4.42 Å². The molecule has 0 atom stereocenters. The second-order valence-corrected chi connectivity index (χ2v) is 5.71. The first-order chi connectivity index (χ1) is 9.26. The summed E-state index contributed by atoms with van der Waals surface area (Å²) in [7, 11) is 0. The largest absolute Gasteiger partial charge is 0.439 e. The Labute approximate surface area is 118 Å². The molecule has 0 unspecified atom stereocenters. The van der Waals surface area contributed by atoms with Crippen molar-refractivity contribution in [2.24, 2.45) is 0 Å². The summed E-state index contributed by atoms with van der Waals surface area (Å²) in [6.45, 7) is 4.71. The number of fused-ring (bicyclic) bond motifs is 1. The van der Waals surface area contributed by atoms with Crippen molar-refractivity contribution in [3.63, 3.8) is 0 Å². The average molecular weight is 292 g/mol. The van der Waals surface area contributed by atoms with Crippen molar-refractivity contribution in [1.29, 1.82) is 0 Å². The number of anilines is 1. The second kappa shape index (κ2) is 5.18. The topological polar surface area (TPSA) is 63.8 Å². The van der Waals surface area contributed by atoms with Gasteiger partial charge in [0.05, 0.1) is 5.69 Å². The highest BCUT2D eigenvalue weighted by molar-refractivity contribution is 7.99. The third-order valence-corrected chi connectivity index (χ3v) is 4.08. The summed E-state index contributed by atoms with van der Waals surface area (Å²) in [5.74, 6) is 0.642. The normalized spacial score (nSPS) is 11.1. The summed E-state index contributed by atoms with van der Waals surface area (Å²) in [6, 6.07) is 2.02. The third kappa shape index (κ3) is 2.57. The highest BCUT2D eigenvalue weighted by Crippen LogP contribution is 2.33. The van der Waals surface area contributed by atoms with Crippen LogP contribution in [0.2, 0.25) is 0 Å². The van der Waals surface area contributed by atoms with Gasteiger partial charge in [0.15, 0.2) is 0 Å². The Hall–Kier alpha value is -1.60. The van der Waals surface area contributed by atoms with Crippen molar-refractivity contribution in [3.05, 3.63) is 23.4 Å². The summed E-state index contributed by atoms with van der Waals surface area (Å²) < 4.78 is 5.37. The molecule has 5 nitrogen and oxygen atoms in total. The van der Waals surface area contributed by atoms with Gasteiger partial charge in [-0.05, 0) is 37.1 Å². The first kappa shape index (κ1) is 12.4. The Morgan fingerprint density at radius 1 is 1.37 bits per heavy atom. The molecule has 0 bridgehead atoms. The van der Waals surface area contributed by atoms with Crippen LogP contribution in [0.25, 0.3) is 10.2 Å². The molecule has 0 aliphatic rings. The molecule has 98 valence electrons. The molecule has 7 heteroatoms. The molecule has 0 radical (unpaired) electrons. The molecule has 0 saturated carbocycles. The van der Waals surface area contributed by atoms with Gasteiger partial charge in [0.25, 0.3) is 5.22 Å². The third-order valence-electron chi connectivity index (χ3n) is 2.41. The quantitative estimate of drug-likeness (QED) is 0.742. The predicted molar refractivity (Wildman–Crippen MR) is 76.9 cm³/mol. The Bertz CT molecular complexity index is 707. The van der Waals surface area contributed by atoms with E-state index in [2.05, 4.69) is 20.3 Å². The van der Waals surface area contributed by atoms with Crippen LogP contribution in [-0.2, 0) is 0 Å². The number of rotatable bonds is 4. The van der Waals surface area contributed by atoms with E-state index < -0.39 is 0 Å². The molecule has 3 heterocycles. The van der Waals surface area contributed by atoms with Gasteiger partial charge < -0.3 is 9.73 Å². The molecular formula is C12H12N4OS2. The Balaban J connectivity index is 2.02. The summed E-state index contributed by atoms with van der Waals surface area (Å²) in [4.78, 5) is 14.2. The van der Waals surface area contributed by atoms with Gasteiger partial charge in [0.2, 0.25) is 5.95 Å². The molecule has 3 rings (SSSR count). The molecule has 0 aromatic carbocycles. The molecular weight excluding hydrogens is 280 g/mol. The van der Waals surface area contributed by atoms with E-state index in [-0.39, 0.29) is 0 Å². The van der Waals surface area contributed by atoms with E-state index in [9.17, 15) is 0 Å². The van der Waals surface area contributed by atoms with Crippen LogP contribution >= 0.6 is 23.1 Å². The Morgan fingerprint density at radius 3 is 3.00 bits per heavy atom. The lowest BCUT2D eigenvalue weighted by Gasteiger charge is -2.04. The number of oxazole rings is 1. The van der Waals surface area contributed by atoms with Gasteiger partial charge in [0, 0.05) is 11.9 Å². The SMILES string of the molecule is CCNc1nc(Sc2nc(C)co2)c2ccsc2n1. The number of hydrogen-bond donors (Lipinski definition) is 1. The van der Waals surface area contributed by atoms with Gasteiger partial charge in [-0.3, -0.25) is 0 Å². The van der Waals surface area contributed by atoms with Crippen molar-refractivity contribution >= 4 is 39.3 Å². The fraction of sp³-hybridized carbons (Fsp3) is 0.250.